The highest BCUT2D eigenvalue weighted by molar-refractivity contribution is 5.46. The number of hydrogen-bond donors (Lipinski definition) is 1. The molecule has 2 aliphatic rings. The lowest BCUT2D eigenvalue weighted by Crippen LogP contribution is -2.44. The van der Waals surface area contributed by atoms with Gasteiger partial charge in [0, 0.05) is 11.5 Å². The molecule has 1 N–H and O–H groups in total. The summed E-state index contributed by atoms with van der Waals surface area (Å²) in [7, 11) is 3.79. The third-order valence-electron chi connectivity index (χ3n) is 5.24. The molecule has 108 valence electrons. The van der Waals surface area contributed by atoms with Gasteiger partial charge in [-0.3, -0.25) is 0 Å². The molecule has 1 saturated carbocycles. The van der Waals surface area contributed by atoms with E-state index >= 15 is 0 Å². The summed E-state index contributed by atoms with van der Waals surface area (Å²) < 4.78 is 5.16. The van der Waals surface area contributed by atoms with E-state index in [1.807, 2.05) is 12.1 Å². The molecule has 2 fully saturated rings. The number of phenols is 1. The van der Waals surface area contributed by atoms with Gasteiger partial charge in [-0.15, -0.1) is 0 Å². The Balaban J connectivity index is 2.02. The molecule has 0 aromatic heterocycles. The van der Waals surface area contributed by atoms with Crippen LogP contribution in [0.25, 0.3) is 0 Å². The van der Waals surface area contributed by atoms with Gasteiger partial charge in [0.2, 0.25) is 0 Å². The molecule has 3 nitrogen and oxygen atoms in total. The number of hydrogen-bond acceptors (Lipinski definition) is 3. The van der Waals surface area contributed by atoms with Gasteiger partial charge in [0.1, 0.15) is 0 Å². The van der Waals surface area contributed by atoms with Gasteiger partial charge >= 0.3 is 0 Å². The van der Waals surface area contributed by atoms with Crippen molar-refractivity contribution in [2.75, 3.05) is 20.7 Å². The summed E-state index contributed by atoms with van der Waals surface area (Å²) in [4.78, 5) is 2.45. The molecule has 0 radical (unpaired) electrons. The first-order valence-electron chi connectivity index (χ1n) is 7.31. The van der Waals surface area contributed by atoms with E-state index in [1.54, 1.807) is 7.11 Å². The topological polar surface area (TPSA) is 32.7 Å². The molecule has 2 atom stereocenters. The fourth-order valence-electron chi connectivity index (χ4n) is 4.02. The lowest BCUT2D eigenvalue weighted by atomic mass is 9.65. The van der Waals surface area contributed by atoms with Crippen molar-refractivity contribution in [3.05, 3.63) is 35.9 Å². The Morgan fingerprint density at radius 1 is 1.40 bits per heavy atom. The van der Waals surface area contributed by atoms with Crippen molar-refractivity contribution in [1.82, 2.24) is 4.90 Å². The van der Waals surface area contributed by atoms with Gasteiger partial charge in [-0.05, 0) is 57.0 Å². The lowest BCUT2D eigenvalue weighted by molar-refractivity contribution is 0.209. The molecular weight excluding hydrogens is 250 g/mol. The second-order valence-electron chi connectivity index (χ2n) is 6.24. The first-order valence-corrected chi connectivity index (χ1v) is 7.31. The van der Waals surface area contributed by atoms with E-state index in [0.717, 1.165) is 32.2 Å². The number of likely N-dealkylation sites (tertiary alicyclic amines) is 1. The van der Waals surface area contributed by atoms with Gasteiger partial charge < -0.3 is 14.7 Å². The molecule has 1 aliphatic heterocycles. The van der Waals surface area contributed by atoms with Crippen molar-refractivity contribution < 1.29 is 9.84 Å². The second-order valence-corrected chi connectivity index (χ2v) is 6.24. The van der Waals surface area contributed by atoms with Crippen molar-refractivity contribution in [2.45, 2.75) is 37.1 Å². The zero-order valence-corrected chi connectivity index (χ0v) is 12.4. The number of fused-ring (bicyclic) bond motifs is 1. The molecule has 20 heavy (non-hydrogen) atoms. The molecule has 1 heterocycles. The fourth-order valence-corrected chi connectivity index (χ4v) is 4.02. The highest BCUT2D eigenvalue weighted by Gasteiger charge is 2.49. The van der Waals surface area contributed by atoms with Crippen LogP contribution in [0.15, 0.2) is 30.4 Å². The van der Waals surface area contributed by atoms with Crippen LogP contribution in [0.3, 0.4) is 0 Å². The molecule has 3 rings (SSSR count). The van der Waals surface area contributed by atoms with E-state index in [4.69, 9.17) is 4.74 Å². The second kappa shape index (κ2) is 4.81. The van der Waals surface area contributed by atoms with Gasteiger partial charge in [0.25, 0.3) is 0 Å². The summed E-state index contributed by atoms with van der Waals surface area (Å²) in [6.45, 7) is 5.30. The van der Waals surface area contributed by atoms with Crippen LogP contribution in [0.1, 0.15) is 31.2 Å². The SMILES string of the molecule is C=C1CC[C@@]2(c3ccc(OC)c(O)c3)CCN(C)[C@H]2C1. The monoisotopic (exact) mass is 273 g/mol. The number of rotatable bonds is 2. The van der Waals surface area contributed by atoms with Crippen LogP contribution >= 0.6 is 0 Å². The first kappa shape index (κ1) is 13.5. The Bertz CT molecular complexity index is 540. The van der Waals surface area contributed by atoms with Crippen molar-refractivity contribution in [3.63, 3.8) is 0 Å². The Kier molecular flexibility index (Phi) is 3.25. The fraction of sp³-hybridized carbons (Fsp3) is 0.529. The largest absolute Gasteiger partial charge is 0.504 e. The minimum atomic E-state index is 0.166. The van der Waals surface area contributed by atoms with Gasteiger partial charge in [-0.25, -0.2) is 0 Å². The van der Waals surface area contributed by atoms with Crippen LogP contribution in [0, 0.1) is 0 Å². The maximum absolute atomic E-state index is 10.1. The van der Waals surface area contributed by atoms with Gasteiger partial charge in [0.05, 0.1) is 7.11 Å². The molecule has 1 aliphatic carbocycles. The molecule has 0 amide bonds. The minimum absolute atomic E-state index is 0.166. The third kappa shape index (κ3) is 1.92. The summed E-state index contributed by atoms with van der Waals surface area (Å²) in [5.41, 5.74) is 2.77. The van der Waals surface area contributed by atoms with Gasteiger partial charge in [-0.2, -0.15) is 0 Å². The van der Waals surface area contributed by atoms with Crippen molar-refractivity contribution in [2.24, 2.45) is 0 Å². The average Bonchev–Trinajstić information content (AvgIpc) is 2.77. The Morgan fingerprint density at radius 2 is 2.20 bits per heavy atom. The number of phenolic OH excluding ortho intramolecular Hbond substituents is 1. The van der Waals surface area contributed by atoms with Crippen LogP contribution in [0.2, 0.25) is 0 Å². The summed E-state index contributed by atoms with van der Waals surface area (Å²) in [6, 6.07) is 6.42. The predicted octanol–water partition coefficient (Wildman–Crippen LogP) is 3.08. The van der Waals surface area contributed by atoms with E-state index < -0.39 is 0 Å². The van der Waals surface area contributed by atoms with Crippen LogP contribution in [-0.4, -0.2) is 36.8 Å². The molecule has 0 spiro atoms. The Hall–Kier alpha value is -1.48. The number of ether oxygens (including phenoxy) is 1. The van der Waals surface area contributed by atoms with Crippen molar-refractivity contribution in [3.8, 4) is 11.5 Å². The first-order chi connectivity index (χ1) is 9.56. The highest BCUT2D eigenvalue weighted by atomic mass is 16.5. The van der Waals surface area contributed by atoms with E-state index in [0.29, 0.717) is 11.8 Å². The molecule has 0 bridgehead atoms. The predicted molar refractivity (Wildman–Crippen MR) is 80.4 cm³/mol. The zero-order valence-electron chi connectivity index (χ0n) is 12.4. The zero-order chi connectivity index (χ0) is 14.3. The van der Waals surface area contributed by atoms with Crippen molar-refractivity contribution in [1.29, 1.82) is 0 Å². The molecular formula is C17H23NO2. The quantitative estimate of drug-likeness (QED) is 0.841. The number of aromatic hydroxyl groups is 1. The minimum Gasteiger partial charge on any atom is -0.504 e. The third-order valence-corrected chi connectivity index (χ3v) is 5.24. The molecule has 1 saturated heterocycles. The highest BCUT2D eigenvalue weighted by Crippen LogP contribution is 2.50. The van der Waals surface area contributed by atoms with Crippen LogP contribution in [0.5, 0.6) is 11.5 Å². The molecule has 1 aromatic carbocycles. The number of likely N-dealkylation sites (N-methyl/N-ethyl adjacent to an activating group) is 1. The number of benzene rings is 1. The summed E-state index contributed by atoms with van der Waals surface area (Å²) in [5, 5.41) is 10.1. The number of methoxy groups -OCH3 is 1. The smallest absolute Gasteiger partial charge is 0.160 e. The average molecular weight is 273 g/mol. The molecule has 3 heteroatoms. The maximum atomic E-state index is 10.1. The summed E-state index contributed by atoms with van der Waals surface area (Å²) >= 11 is 0. The van der Waals surface area contributed by atoms with Crippen LogP contribution in [0.4, 0.5) is 0 Å². The molecule has 0 unspecified atom stereocenters. The number of nitrogens with zero attached hydrogens (tertiary/aromatic N) is 1. The molecule has 1 aromatic rings. The van der Waals surface area contributed by atoms with E-state index in [-0.39, 0.29) is 11.2 Å². The van der Waals surface area contributed by atoms with E-state index in [1.165, 1.54) is 11.1 Å². The summed E-state index contributed by atoms with van der Waals surface area (Å²) in [5.74, 6) is 0.797. The van der Waals surface area contributed by atoms with Crippen molar-refractivity contribution >= 4 is 0 Å². The van der Waals surface area contributed by atoms with Crippen LogP contribution in [-0.2, 0) is 5.41 Å². The van der Waals surface area contributed by atoms with E-state index in [2.05, 4.69) is 24.6 Å². The van der Waals surface area contributed by atoms with Gasteiger partial charge in [-0.1, -0.05) is 18.2 Å². The normalized spacial score (nSPS) is 30.3. The Labute approximate surface area is 120 Å². The summed E-state index contributed by atoms with van der Waals surface area (Å²) in [6.07, 6.45) is 4.46. The van der Waals surface area contributed by atoms with E-state index in [9.17, 15) is 5.11 Å². The van der Waals surface area contributed by atoms with Gasteiger partial charge in [0.15, 0.2) is 11.5 Å². The maximum Gasteiger partial charge on any atom is 0.160 e. The standard InChI is InChI=1S/C17H23NO2/c1-12-6-7-17(8-9-18(2)16(17)10-12)13-4-5-15(20-3)14(19)11-13/h4-5,11,16,19H,1,6-10H2,2-3H3/t16-,17-/m0/s1. The van der Waals surface area contributed by atoms with Crippen LogP contribution < -0.4 is 4.74 Å². The Morgan fingerprint density at radius 3 is 2.90 bits per heavy atom. The lowest BCUT2D eigenvalue weighted by Gasteiger charge is -2.42.